The van der Waals surface area contributed by atoms with Gasteiger partial charge in [0, 0.05) is 10.8 Å². The van der Waals surface area contributed by atoms with E-state index in [9.17, 15) is 17.6 Å². The van der Waals surface area contributed by atoms with Crippen LogP contribution in [0.1, 0.15) is 16.7 Å². The van der Waals surface area contributed by atoms with E-state index in [0.717, 1.165) is 40.1 Å². The highest BCUT2D eigenvalue weighted by Crippen LogP contribution is 2.39. The van der Waals surface area contributed by atoms with Crippen LogP contribution in [-0.2, 0) is 6.18 Å². The van der Waals surface area contributed by atoms with E-state index in [1.165, 1.54) is 4.57 Å². The number of aryl methyl sites for hydroxylation is 2. The summed E-state index contributed by atoms with van der Waals surface area (Å²) in [5.41, 5.74) is 2.19. The van der Waals surface area contributed by atoms with Gasteiger partial charge in [-0.3, -0.25) is 0 Å². The lowest BCUT2D eigenvalue weighted by atomic mass is 10.1. The maximum atomic E-state index is 13.9. The van der Waals surface area contributed by atoms with E-state index in [1.807, 2.05) is 38.1 Å². The van der Waals surface area contributed by atoms with Crippen molar-refractivity contribution in [3.8, 4) is 5.69 Å². The van der Waals surface area contributed by atoms with Crippen molar-refractivity contribution >= 4 is 21.8 Å². The van der Waals surface area contributed by atoms with Crippen LogP contribution in [0.2, 0.25) is 0 Å². The van der Waals surface area contributed by atoms with Crippen molar-refractivity contribution in [1.82, 2.24) is 4.57 Å². The van der Waals surface area contributed by atoms with Crippen LogP contribution in [0, 0.1) is 19.7 Å². The fourth-order valence-electron chi connectivity index (χ4n) is 3.44. The number of nitrogens with zero attached hydrogens (tertiary/aromatic N) is 1. The monoisotopic (exact) mass is 357 g/mol. The molecule has 0 amide bonds. The molecule has 1 aromatic heterocycles. The third-order valence-electron chi connectivity index (χ3n) is 4.58. The van der Waals surface area contributed by atoms with Gasteiger partial charge in [-0.15, -0.1) is 0 Å². The molecule has 3 aromatic carbocycles. The van der Waals surface area contributed by atoms with Gasteiger partial charge in [0.15, 0.2) is 0 Å². The van der Waals surface area contributed by atoms with Crippen molar-refractivity contribution in [3.05, 3.63) is 77.1 Å². The Bertz CT molecular complexity index is 1090. The van der Waals surface area contributed by atoms with E-state index in [1.54, 1.807) is 12.1 Å². The van der Waals surface area contributed by atoms with Crippen molar-refractivity contribution in [3.63, 3.8) is 0 Å². The maximum absolute atomic E-state index is 13.9. The van der Waals surface area contributed by atoms with Crippen LogP contribution in [0.3, 0.4) is 0 Å². The predicted molar refractivity (Wildman–Crippen MR) is 95.2 cm³/mol. The number of fused-ring (bicyclic) bond motifs is 3. The maximum Gasteiger partial charge on any atom is 0.418 e. The summed E-state index contributed by atoms with van der Waals surface area (Å²) in [4.78, 5) is 0. The van der Waals surface area contributed by atoms with Crippen molar-refractivity contribution in [2.45, 2.75) is 20.0 Å². The highest BCUT2D eigenvalue weighted by molar-refractivity contribution is 6.09. The fourth-order valence-corrected chi connectivity index (χ4v) is 3.44. The largest absolute Gasteiger partial charge is 0.418 e. The first-order valence-electron chi connectivity index (χ1n) is 8.14. The predicted octanol–water partition coefficient (Wildman–Crippen LogP) is 6.56. The van der Waals surface area contributed by atoms with Crippen LogP contribution in [0.5, 0.6) is 0 Å². The molecule has 0 saturated carbocycles. The van der Waals surface area contributed by atoms with E-state index in [4.69, 9.17) is 0 Å². The molecule has 0 aliphatic carbocycles. The van der Waals surface area contributed by atoms with Gasteiger partial charge < -0.3 is 4.57 Å². The highest BCUT2D eigenvalue weighted by Gasteiger charge is 2.34. The van der Waals surface area contributed by atoms with Crippen LogP contribution < -0.4 is 0 Å². The third-order valence-corrected chi connectivity index (χ3v) is 4.58. The molecule has 0 aliphatic heterocycles. The summed E-state index contributed by atoms with van der Waals surface area (Å²) < 4.78 is 56.1. The molecule has 1 heterocycles. The Morgan fingerprint density at radius 1 is 0.731 bits per heavy atom. The van der Waals surface area contributed by atoms with Crippen LogP contribution in [0.25, 0.3) is 27.5 Å². The minimum atomic E-state index is -4.58. The molecule has 0 fully saturated rings. The first-order chi connectivity index (χ1) is 12.3. The Morgan fingerprint density at radius 3 is 1.77 bits per heavy atom. The van der Waals surface area contributed by atoms with E-state index in [2.05, 4.69) is 0 Å². The lowest BCUT2D eigenvalue weighted by molar-refractivity contribution is -0.137. The Labute approximate surface area is 147 Å². The summed E-state index contributed by atoms with van der Waals surface area (Å²) in [5, 5.41) is 1.70. The van der Waals surface area contributed by atoms with Crippen molar-refractivity contribution in [1.29, 1.82) is 0 Å². The van der Waals surface area contributed by atoms with Crippen molar-refractivity contribution < 1.29 is 17.6 Å². The molecule has 0 unspecified atom stereocenters. The molecular formula is C21H15F4N. The van der Waals surface area contributed by atoms with Crippen LogP contribution in [-0.4, -0.2) is 4.57 Å². The lowest BCUT2D eigenvalue weighted by Gasteiger charge is -2.16. The summed E-state index contributed by atoms with van der Waals surface area (Å²) in [6.45, 7) is 3.86. The van der Waals surface area contributed by atoms with Gasteiger partial charge in [0.2, 0.25) is 0 Å². The smallest absolute Gasteiger partial charge is 0.309 e. The van der Waals surface area contributed by atoms with Gasteiger partial charge in [0.1, 0.15) is 5.82 Å². The number of hydrogen-bond acceptors (Lipinski definition) is 0. The standard InChI is InChI=1S/C21H15F4N/c1-12-3-7-18-15(9-12)16-10-13(2)4-8-19(16)26(18)20-11-14(22)5-6-17(20)21(23,24)25/h3-11H,1-2H3. The quantitative estimate of drug-likeness (QED) is 0.340. The van der Waals surface area contributed by atoms with Gasteiger partial charge in [0.25, 0.3) is 0 Å². The van der Waals surface area contributed by atoms with E-state index >= 15 is 0 Å². The summed E-state index contributed by atoms with van der Waals surface area (Å²) in [7, 11) is 0. The molecule has 4 rings (SSSR count). The molecular weight excluding hydrogens is 342 g/mol. The number of benzene rings is 3. The first kappa shape index (κ1) is 16.6. The molecule has 4 aromatic rings. The Morgan fingerprint density at radius 2 is 1.27 bits per heavy atom. The van der Waals surface area contributed by atoms with Gasteiger partial charge in [-0.05, 0) is 56.3 Å². The highest BCUT2D eigenvalue weighted by atomic mass is 19.4. The van der Waals surface area contributed by atoms with Crippen LogP contribution in [0.4, 0.5) is 17.6 Å². The molecule has 0 aliphatic rings. The Hall–Kier alpha value is -2.82. The summed E-state index contributed by atoms with van der Waals surface area (Å²) in [6, 6.07) is 13.7. The molecule has 0 bridgehead atoms. The molecule has 0 spiro atoms. The molecule has 1 nitrogen and oxygen atoms in total. The molecule has 0 radical (unpaired) electrons. The van der Waals surface area contributed by atoms with Gasteiger partial charge in [0.05, 0.1) is 22.3 Å². The van der Waals surface area contributed by atoms with E-state index < -0.39 is 17.6 Å². The van der Waals surface area contributed by atoms with Gasteiger partial charge in [-0.2, -0.15) is 13.2 Å². The average molecular weight is 357 g/mol. The first-order valence-corrected chi connectivity index (χ1v) is 8.14. The van der Waals surface area contributed by atoms with Crippen LogP contribution in [0.15, 0.2) is 54.6 Å². The number of alkyl halides is 3. The second kappa shape index (κ2) is 5.59. The summed E-state index contributed by atoms with van der Waals surface area (Å²) in [5.74, 6) is -0.706. The average Bonchev–Trinajstić information content (AvgIpc) is 2.86. The second-order valence-electron chi connectivity index (χ2n) is 6.54. The molecule has 132 valence electrons. The minimum absolute atomic E-state index is 0.204. The summed E-state index contributed by atoms with van der Waals surface area (Å²) >= 11 is 0. The number of rotatable bonds is 1. The minimum Gasteiger partial charge on any atom is -0.309 e. The molecule has 0 N–H and O–H groups in total. The van der Waals surface area contributed by atoms with Crippen molar-refractivity contribution in [2.75, 3.05) is 0 Å². The van der Waals surface area contributed by atoms with Crippen LogP contribution >= 0.6 is 0 Å². The second-order valence-corrected chi connectivity index (χ2v) is 6.54. The molecule has 0 saturated heterocycles. The number of aromatic nitrogens is 1. The third kappa shape index (κ3) is 2.55. The van der Waals surface area contributed by atoms with Crippen molar-refractivity contribution in [2.24, 2.45) is 0 Å². The van der Waals surface area contributed by atoms with Gasteiger partial charge >= 0.3 is 6.18 Å². The SMILES string of the molecule is Cc1ccc2c(c1)c1cc(C)ccc1n2-c1cc(F)ccc1C(F)(F)F. The fraction of sp³-hybridized carbons (Fsp3) is 0.143. The topological polar surface area (TPSA) is 4.93 Å². The normalized spacial score (nSPS) is 12.2. The lowest BCUT2D eigenvalue weighted by Crippen LogP contribution is -2.11. The van der Waals surface area contributed by atoms with E-state index in [-0.39, 0.29) is 5.69 Å². The molecule has 26 heavy (non-hydrogen) atoms. The van der Waals surface area contributed by atoms with Gasteiger partial charge in [-0.25, -0.2) is 4.39 Å². The van der Waals surface area contributed by atoms with Gasteiger partial charge in [-0.1, -0.05) is 23.3 Å². The molecule has 0 atom stereocenters. The zero-order valence-corrected chi connectivity index (χ0v) is 14.2. The summed E-state index contributed by atoms with van der Waals surface area (Å²) in [6.07, 6.45) is -4.58. The Balaban J connectivity index is 2.21. The zero-order valence-electron chi connectivity index (χ0n) is 14.2. The molecule has 5 heteroatoms. The van der Waals surface area contributed by atoms with E-state index in [0.29, 0.717) is 11.0 Å². The Kier molecular flexibility index (Phi) is 3.58. The number of hydrogen-bond donors (Lipinski definition) is 0. The number of halogens is 4. The zero-order chi connectivity index (χ0) is 18.6.